The van der Waals surface area contributed by atoms with Crippen LogP contribution in [-0.2, 0) is 16.0 Å². The van der Waals surface area contributed by atoms with E-state index < -0.39 is 0 Å². The molecule has 30 heavy (non-hydrogen) atoms. The third-order valence-corrected chi connectivity index (χ3v) is 6.08. The van der Waals surface area contributed by atoms with Gasteiger partial charge in [-0.05, 0) is 29.8 Å². The van der Waals surface area contributed by atoms with E-state index in [9.17, 15) is 9.59 Å². The Kier molecular flexibility index (Phi) is 6.56. The summed E-state index contributed by atoms with van der Waals surface area (Å²) in [5, 5.41) is 5.08. The minimum Gasteiger partial charge on any atom is -0.370 e. The smallest absolute Gasteiger partial charge is 0.257 e. The highest BCUT2D eigenvalue weighted by atomic mass is 79.9. The van der Waals surface area contributed by atoms with Crippen molar-refractivity contribution in [1.29, 1.82) is 0 Å². The summed E-state index contributed by atoms with van der Waals surface area (Å²) < 4.78 is 6.85. The van der Waals surface area contributed by atoms with Crippen molar-refractivity contribution < 1.29 is 14.3 Å². The average molecular weight is 486 g/mol. The van der Waals surface area contributed by atoms with Gasteiger partial charge >= 0.3 is 0 Å². The number of halogens is 1. The standard InChI is InChI=1S/C22H20BrN3O3S/c23-17-8-4-7-16(11-17)19-13-26(9-10-29-19)20(27)12-18-14-30-22(24-18)25-21(28)15-5-2-1-3-6-15/h1-8,11,14,19H,9-10,12-13H2,(H,24,25,28). The molecule has 1 aliphatic rings. The number of benzene rings is 2. The number of carbonyl (C=O) groups excluding carboxylic acids is 2. The Morgan fingerprint density at radius 3 is 2.83 bits per heavy atom. The number of carbonyl (C=O) groups is 2. The normalized spacial score (nSPS) is 16.3. The van der Waals surface area contributed by atoms with Gasteiger partial charge in [0.15, 0.2) is 5.13 Å². The van der Waals surface area contributed by atoms with E-state index in [2.05, 4.69) is 26.2 Å². The van der Waals surface area contributed by atoms with Gasteiger partial charge in [-0.3, -0.25) is 14.9 Å². The molecule has 1 atom stereocenters. The Morgan fingerprint density at radius 1 is 1.20 bits per heavy atom. The Balaban J connectivity index is 1.35. The first-order chi connectivity index (χ1) is 14.6. The lowest BCUT2D eigenvalue weighted by Crippen LogP contribution is -2.43. The average Bonchev–Trinajstić information content (AvgIpc) is 3.21. The number of rotatable bonds is 5. The molecule has 6 nitrogen and oxygen atoms in total. The van der Waals surface area contributed by atoms with E-state index in [1.54, 1.807) is 12.1 Å². The van der Waals surface area contributed by atoms with Crippen LogP contribution in [0.1, 0.15) is 27.7 Å². The predicted octanol–water partition coefficient (Wildman–Crippen LogP) is 4.30. The number of hydrogen-bond donors (Lipinski definition) is 1. The van der Waals surface area contributed by atoms with Crippen molar-refractivity contribution in [2.75, 3.05) is 25.0 Å². The Labute approximate surface area is 187 Å². The second-order valence-electron chi connectivity index (χ2n) is 6.90. The zero-order chi connectivity index (χ0) is 20.9. The van der Waals surface area contributed by atoms with Gasteiger partial charge in [0.25, 0.3) is 5.91 Å². The van der Waals surface area contributed by atoms with Gasteiger partial charge in [0.05, 0.1) is 25.3 Å². The zero-order valence-corrected chi connectivity index (χ0v) is 18.5. The summed E-state index contributed by atoms with van der Waals surface area (Å²) in [5.74, 6) is -0.211. The molecule has 1 fully saturated rings. The first-order valence-corrected chi connectivity index (χ1v) is 11.2. The summed E-state index contributed by atoms with van der Waals surface area (Å²) in [6.07, 6.45) is 0.0551. The quantitative estimate of drug-likeness (QED) is 0.584. The first-order valence-electron chi connectivity index (χ1n) is 9.54. The van der Waals surface area contributed by atoms with Crippen LogP contribution in [0, 0.1) is 0 Å². The molecule has 4 rings (SSSR count). The minimum absolute atomic E-state index is 0.00420. The lowest BCUT2D eigenvalue weighted by atomic mass is 10.1. The zero-order valence-electron chi connectivity index (χ0n) is 16.1. The van der Waals surface area contributed by atoms with Crippen LogP contribution in [0.2, 0.25) is 0 Å². The van der Waals surface area contributed by atoms with Crippen LogP contribution in [0.3, 0.4) is 0 Å². The monoisotopic (exact) mass is 485 g/mol. The summed E-state index contributed by atoms with van der Waals surface area (Å²) in [6, 6.07) is 16.9. The van der Waals surface area contributed by atoms with E-state index in [0.717, 1.165) is 10.0 Å². The molecule has 0 radical (unpaired) electrons. The Morgan fingerprint density at radius 2 is 2.03 bits per heavy atom. The molecule has 154 valence electrons. The van der Waals surface area contributed by atoms with Crippen molar-refractivity contribution in [3.05, 3.63) is 81.3 Å². The number of hydrogen-bond acceptors (Lipinski definition) is 5. The van der Waals surface area contributed by atoms with Gasteiger partial charge in [-0.1, -0.05) is 46.3 Å². The van der Waals surface area contributed by atoms with Crippen LogP contribution in [0.15, 0.2) is 64.5 Å². The number of morpholine rings is 1. The Bertz CT molecular complexity index is 1040. The van der Waals surface area contributed by atoms with Gasteiger partial charge in [0, 0.05) is 22.0 Å². The summed E-state index contributed by atoms with van der Waals surface area (Å²) in [6.45, 7) is 1.57. The number of nitrogens with one attached hydrogen (secondary N) is 1. The molecule has 0 bridgehead atoms. The maximum atomic E-state index is 12.8. The van der Waals surface area contributed by atoms with Gasteiger partial charge < -0.3 is 9.64 Å². The fourth-order valence-electron chi connectivity index (χ4n) is 3.26. The third-order valence-electron chi connectivity index (χ3n) is 4.78. The molecule has 1 aromatic heterocycles. The van der Waals surface area contributed by atoms with Crippen molar-refractivity contribution in [1.82, 2.24) is 9.88 Å². The van der Waals surface area contributed by atoms with Crippen LogP contribution in [0.5, 0.6) is 0 Å². The van der Waals surface area contributed by atoms with Crippen molar-refractivity contribution in [3.63, 3.8) is 0 Å². The molecule has 2 aromatic carbocycles. The number of amides is 2. The van der Waals surface area contributed by atoms with Crippen LogP contribution < -0.4 is 5.32 Å². The highest BCUT2D eigenvalue weighted by Crippen LogP contribution is 2.25. The SMILES string of the molecule is O=C(Nc1nc(CC(=O)N2CCOC(c3cccc(Br)c3)C2)cs1)c1ccccc1. The van der Waals surface area contributed by atoms with Gasteiger partial charge in [0.2, 0.25) is 5.91 Å². The van der Waals surface area contributed by atoms with Crippen molar-refractivity contribution in [2.24, 2.45) is 0 Å². The van der Waals surface area contributed by atoms with E-state index >= 15 is 0 Å². The van der Waals surface area contributed by atoms with Crippen molar-refractivity contribution in [3.8, 4) is 0 Å². The number of nitrogens with zero attached hydrogens (tertiary/aromatic N) is 2. The minimum atomic E-state index is -0.215. The van der Waals surface area contributed by atoms with Crippen LogP contribution in [-0.4, -0.2) is 41.4 Å². The molecule has 0 aliphatic carbocycles. The fraction of sp³-hybridized carbons (Fsp3) is 0.227. The number of anilines is 1. The van der Waals surface area contributed by atoms with Crippen molar-refractivity contribution >= 4 is 44.2 Å². The largest absolute Gasteiger partial charge is 0.370 e. The second-order valence-corrected chi connectivity index (χ2v) is 8.67. The van der Waals surface area contributed by atoms with Crippen molar-refractivity contribution in [2.45, 2.75) is 12.5 Å². The summed E-state index contributed by atoms with van der Waals surface area (Å²) >= 11 is 4.79. The third kappa shape index (κ3) is 5.13. The summed E-state index contributed by atoms with van der Waals surface area (Å²) in [5.41, 5.74) is 2.26. The molecule has 1 saturated heterocycles. The van der Waals surface area contributed by atoms with Gasteiger partial charge in [-0.25, -0.2) is 4.98 Å². The topological polar surface area (TPSA) is 71.5 Å². The maximum absolute atomic E-state index is 12.8. The lowest BCUT2D eigenvalue weighted by molar-refractivity contribution is -0.138. The lowest BCUT2D eigenvalue weighted by Gasteiger charge is -2.33. The van der Waals surface area contributed by atoms with E-state index in [-0.39, 0.29) is 24.3 Å². The number of ether oxygens (including phenoxy) is 1. The molecular weight excluding hydrogens is 466 g/mol. The highest BCUT2D eigenvalue weighted by Gasteiger charge is 2.26. The molecule has 8 heteroatoms. The van der Waals surface area contributed by atoms with E-state index in [1.807, 2.05) is 52.7 Å². The molecule has 0 saturated carbocycles. The predicted molar refractivity (Wildman–Crippen MR) is 120 cm³/mol. The van der Waals surface area contributed by atoms with E-state index in [0.29, 0.717) is 36.1 Å². The number of aromatic nitrogens is 1. The van der Waals surface area contributed by atoms with Gasteiger partial charge in [-0.15, -0.1) is 11.3 Å². The first kappa shape index (κ1) is 20.7. The Hall–Kier alpha value is -2.55. The van der Waals surface area contributed by atoms with Gasteiger partial charge in [-0.2, -0.15) is 0 Å². The molecular formula is C22H20BrN3O3S. The number of thiazole rings is 1. The molecule has 1 aliphatic heterocycles. The van der Waals surface area contributed by atoms with Crippen LogP contribution >= 0.6 is 27.3 Å². The summed E-state index contributed by atoms with van der Waals surface area (Å²) in [7, 11) is 0. The van der Waals surface area contributed by atoms with Gasteiger partial charge in [0.1, 0.15) is 6.10 Å². The summed E-state index contributed by atoms with van der Waals surface area (Å²) in [4.78, 5) is 31.3. The molecule has 1 N–H and O–H groups in total. The molecule has 1 unspecified atom stereocenters. The second kappa shape index (κ2) is 9.51. The van der Waals surface area contributed by atoms with E-state index in [4.69, 9.17) is 4.74 Å². The van der Waals surface area contributed by atoms with Crippen LogP contribution in [0.4, 0.5) is 5.13 Å². The molecule has 3 aromatic rings. The van der Waals surface area contributed by atoms with Crippen LogP contribution in [0.25, 0.3) is 0 Å². The molecule has 2 amide bonds. The highest BCUT2D eigenvalue weighted by molar-refractivity contribution is 9.10. The maximum Gasteiger partial charge on any atom is 0.257 e. The fourth-order valence-corrected chi connectivity index (χ4v) is 4.38. The molecule has 0 spiro atoms. The molecule has 2 heterocycles. The van der Waals surface area contributed by atoms with E-state index in [1.165, 1.54) is 11.3 Å².